The predicted octanol–water partition coefficient (Wildman–Crippen LogP) is 6.29. The van der Waals surface area contributed by atoms with Crippen molar-refractivity contribution in [3.05, 3.63) is 82.7 Å². The lowest BCUT2D eigenvalue weighted by atomic mass is 9.96. The maximum absolute atomic E-state index is 13.6. The van der Waals surface area contributed by atoms with Crippen LogP contribution >= 0.6 is 11.3 Å². The quantitative estimate of drug-likeness (QED) is 0.250. The molecule has 33 heavy (non-hydrogen) atoms. The number of phenols is 1. The summed E-state index contributed by atoms with van der Waals surface area (Å²) in [5, 5.41) is 11.0. The molecule has 1 N–H and O–H groups in total. The van der Waals surface area contributed by atoms with Crippen LogP contribution in [0.4, 0.5) is 0 Å². The lowest BCUT2D eigenvalue weighted by Gasteiger charge is -2.30. The maximum atomic E-state index is 13.6. The molecule has 2 heterocycles. The number of hydrogen-bond acceptors (Lipinski definition) is 5. The Bertz CT molecular complexity index is 1290. The second-order valence-corrected chi connectivity index (χ2v) is 9.60. The first-order valence-electron chi connectivity index (χ1n) is 11.4. The number of rotatable bonds is 8. The molecule has 5 rings (SSSR count). The molecule has 1 aromatic heterocycles. The van der Waals surface area contributed by atoms with Crippen molar-refractivity contribution >= 4 is 27.2 Å². The SMILES string of the molecule is Cc1ccccc1C(=O)c1sc2cc(O)ccc2c1-c1ccc(OCCCN2CCC2)cc1. The summed E-state index contributed by atoms with van der Waals surface area (Å²) in [5.41, 5.74) is 3.54. The lowest BCUT2D eigenvalue weighted by Crippen LogP contribution is -2.38. The van der Waals surface area contributed by atoms with E-state index < -0.39 is 0 Å². The number of carbonyl (C=O) groups excluding carboxylic acids is 1. The number of nitrogens with zero attached hydrogens (tertiary/aromatic N) is 1. The minimum atomic E-state index is 0.00936. The van der Waals surface area contributed by atoms with Crippen molar-refractivity contribution in [1.82, 2.24) is 4.90 Å². The largest absolute Gasteiger partial charge is 0.508 e. The second kappa shape index (κ2) is 9.38. The molecule has 0 unspecified atom stereocenters. The fraction of sp³-hybridized carbons (Fsp3) is 0.250. The number of ether oxygens (including phenoxy) is 1. The molecule has 1 saturated heterocycles. The third-order valence-electron chi connectivity index (χ3n) is 6.25. The van der Waals surface area contributed by atoms with Crippen LogP contribution in [0.2, 0.25) is 0 Å². The third-order valence-corrected chi connectivity index (χ3v) is 7.40. The van der Waals surface area contributed by atoms with Gasteiger partial charge in [0.25, 0.3) is 0 Å². The Morgan fingerprint density at radius 2 is 1.85 bits per heavy atom. The highest BCUT2D eigenvalue weighted by Crippen LogP contribution is 2.41. The Morgan fingerprint density at radius 1 is 1.06 bits per heavy atom. The summed E-state index contributed by atoms with van der Waals surface area (Å²) in [7, 11) is 0. The van der Waals surface area contributed by atoms with E-state index in [1.807, 2.05) is 61.5 Å². The summed E-state index contributed by atoms with van der Waals surface area (Å²) in [4.78, 5) is 16.7. The number of ketones is 1. The number of benzene rings is 3. The number of phenolic OH excluding ortho intramolecular Hbond substituents is 1. The minimum Gasteiger partial charge on any atom is -0.508 e. The molecule has 0 saturated carbocycles. The van der Waals surface area contributed by atoms with Gasteiger partial charge in [-0.05, 0) is 74.3 Å². The summed E-state index contributed by atoms with van der Waals surface area (Å²) in [6, 6.07) is 21.0. The average molecular weight is 458 g/mol. The molecule has 0 radical (unpaired) electrons. The van der Waals surface area contributed by atoms with E-state index in [9.17, 15) is 9.90 Å². The highest BCUT2D eigenvalue weighted by molar-refractivity contribution is 7.21. The smallest absolute Gasteiger partial charge is 0.203 e. The van der Waals surface area contributed by atoms with Gasteiger partial charge in [-0.15, -0.1) is 11.3 Å². The van der Waals surface area contributed by atoms with E-state index in [-0.39, 0.29) is 11.5 Å². The van der Waals surface area contributed by atoms with Gasteiger partial charge < -0.3 is 14.7 Å². The zero-order valence-electron chi connectivity index (χ0n) is 18.7. The summed E-state index contributed by atoms with van der Waals surface area (Å²) in [6.07, 6.45) is 2.34. The zero-order valence-corrected chi connectivity index (χ0v) is 19.5. The first kappa shape index (κ1) is 21.7. The topological polar surface area (TPSA) is 49.8 Å². The molecule has 1 aliphatic heterocycles. The van der Waals surface area contributed by atoms with E-state index in [0.29, 0.717) is 17.0 Å². The molecule has 0 bridgehead atoms. The van der Waals surface area contributed by atoms with Gasteiger partial charge in [0.1, 0.15) is 11.5 Å². The van der Waals surface area contributed by atoms with Gasteiger partial charge >= 0.3 is 0 Å². The summed E-state index contributed by atoms with van der Waals surface area (Å²) in [5.74, 6) is 1.05. The molecule has 5 heteroatoms. The normalized spacial score (nSPS) is 13.7. The van der Waals surface area contributed by atoms with Gasteiger partial charge in [-0.3, -0.25) is 4.79 Å². The average Bonchev–Trinajstić information content (AvgIpc) is 3.16. The van der Waals surface area contributed by atoms with Crippen LogP contribution in [-0.2, 0) is 0 Å². The fourth-order valence-electron chi connectivity index (χ4n) is 4.28. The van der Waals surface area contributed by atoms with Crippen molar-refractivity contribution < 1.29 is 14.6 Å². The molecule has 0 atom stereocenters. The predicted molar refractivity (Wildman–Crippen MR) is 135 cm³/mol. The van der Waals surface area contributed by atoms with Crippen molar-refractivity contribution in [2.75, 3.05) is 26.2 Å². The molecule has 1 fully saturated rings. The van der Waals surface area contributed by atoms with Gasteiger partial charge in [-0.2, -0.15) is 0 Å². The highest BCUT2D eigenvalue weighted by atomic mass is 32.1. The Hall–Kier alpha value is -3.15. The zero-order chi connectivity index (χ0) is 22.8. The monoisotopic (exact) mass is 457 g/mol. The van der Waals surface area contributed by atoms with Crippen molar-refractivity contribution in [3.8, 4) is 22.6 Å². The van der Waals surface area contributed by atoms with Crippen LogP contribution in [0.15, 0.2) is 66.7 Å². The number of carbonyl (C=O) groups is 1. The Balaban J connectivity index is 1.44. The van der Waals surface area contributed by atoms with Crippen LogP contribution in [0.3, 0.4) is 0 Å². The van der Waals surface area contributed by atoms with Gasteiger partial charge in [0.05, 0.1) is 11.5 Å². The molecule has 0 amide bonds. The van der Waals surface area contributed by atoms with Crippen molar-refractivity contribution in [2.45, 2.75) is 19.8 Å². The van der Waals surface area contributed by atoms with E-state index in [0.717, 1.165) is 45.5 Å². The molecule has 1 aliphatic rings. The molecular weight excluding hydrogens is 430 g/mol. The van der Waals surface area contributed by atoms with Gasteiger partial charge in [0, 0.05) is 27.8 Å². The number of likely N-dealkylation sites (tertiary alicyclic amines) is 1. The number of thiophene rings is 1. The van der Waals surface area contributed by atoms with E-state index >= 15 is 0 Å². The minimum absolute atomic E-state index is 0.00936. The number of hydrogen-bond donors (Lipinski definition) is 1. The molecule has 168 valence electrons. The number of aryl methyl sites for hydroxylation is 1. The van der Waals surface area contributed by atoms with Crippen molar-refractivity contribution in [1.29, 1.82) is 0 Å². The third kappa shape index (κ3) is 4.52. The van der Waals surface area contributed by atoms with Crippen molar-refractivity contribution in [3.63, 3.8) is 0 Å². The standard InChI is InChI=1S/C28H27NO3S/c1-19-6-2-3-7-23(19)27(31)28-26(24-13-10-21(30)18-25(24)33-28)20-8-11-22(12-9-20)32-17-5-16-29-14-4-15-29/h2-3,6-13,18,30H,4-5,14-17H2,1H3. The van der Waals surface area contributed by atoms with E-state index in [2.05, 4.69) is 4.90 Å². The molecule has 4 nitrogen and oxygen atoms in total. The van der Waals surface area contributed by atoms with Crippen LogP contribution in [0.5, 0.6) is 11.5 Å². The Labute approximate surface area is 198 Å². The molecule has 4 aromatic rings. The highest BCUT2D eigenvalue weighted by Gasteiger charge is 2.22. The van der Waals surface area contributed by atoms with Crippen molar-refractivity contribution in [2.24, 2.45) is 0 Å². The van der Waals surface area contributed by atoms with Gasteiger partial charge in [0.15, 0.2) is 0 Å². The first-order chi connectivity index (χ1) is 16.1. The van der Waals surface area contributed by atoms with Gasteiger partial charge in [0.2, 0.25) is 5.78 Å². The fourth-order valence-corrected chi connectivity index (χ4v) is 5.50. The van der Waals surface area contributed by atoms with Crippen LogP contribution < -0.4 is 4.74 Å². The van der Waals surface area contributed by atoms with Gasteiger partial charge in [-0.1, -0.05) is 36.4 Å². The van der Waals surface area contributed by atoms with Crippen LogP contribution in [0, 0.1) is 6.92 Å². The van der Waals surface area contributed by atoms with Crippen LogP contribution in [0.25, 0.3) is 21.2 Å². The molecular formula is C28H27NO3S. The number of fused-ring (bicyclic) bond motifs is 1. The summed E-state index contributed by atoms with van der Waals surface area (Å²) < 4.78 is 6.84. The lowest BCUT2D eigenvalue weighted by molar-refractivity contribution is 0.104. The summed E-state index contributed by atoms with van der Waals surface area (Å²) >= 11 is 1.43. The van der Waals surface area contributed by atoms with Crippen LogP contribution in [0.1, 0.15) is 33.6 Å². The van der Waals surface area contributed by atoms with E-state index in [4.69, 9.17) is 4.74 Å². The molecule has 0 aliphatic carbocycles. The first-order valence-corrected chi connectivity index (χ1v) is 12.2. The summed E-state index contributed by atoms with van der Waals surface area (Å²) in [6.45, 7) is 6.18. The van der Waals surface area contributed by atoms with E-state index in [1.54, 1.807) is 12.1 Å². The Morgan fingerprint density at radius 3 is 2.58 bits per heavy atom. The maximum Gasteiger partial charge on any atom is 0.203 e. The number of aromatic hydroxyl groups is 1. The second-order valence-electron chi connectivity index (χ2n) is 8.55. The Kier molecular flexibility index (Phi) is 6.16. The van der Waals surface area contributed by atoms with E-state index in [1.165, 1.54) is 30.8 Å². The van der Waals surface area contributed by atoms with Gasteiger partial charge in [-0.25, -0.2) is 0 Å². The molecule has 0 spiro atoms. The van der Waals surface area contributed by atoms with Crippen LogP contribution in [-0.4, -0.2) is 42.0 Å². The molecule has 3 aromatic carbocycles.